The van der Waals surface area contributed by atoms with Crippen molar-refractivity contribution < 1.29 is 18.3 Å². The molecule has 1 aromatic rings. The topological polar surface area (TPSA) is 59.4 Å². The highest BCUT2D eigenvalue weighted by Gasteiger charge is 2.39. The number of rotatable bonds is 4. The Morgan fingerprint density at radius 2 is 2.03 bits per heavy atom. The van der Waals surface area contributed by atoms with E-state index in [-0.39, 0.29) is 29.4 Å². The first-order valence-electron chi connectivity index (χ1n) is 11.3. The molecule has 8 heteroatoms. The second kappa shape index (κ2) is 8.44. The van der Waals surface area contributed by atoms with Crippen LogP contribution in [0.15, 0.2) is 6.07 Å². The molecule has 168 valence electrons. The van der Waals surface area contributed by atoms with Gasteiger partial charge in [-0.05, 0) is 38.0 Å². The van der Waals surface area contributed by atoms with Gasteiger partial charge in [0.2, 0.25) is 5.91 Å². The maximum atomic E-state index is 13.9. The third-order valence-corrected chi connectivity index (χ3v) is 6.83. The molecule has 0 aromatic carbocycles. The number of anilines is 1. The Kier molecular flexibility index (Phi) is 6.06. The lowest BCUT2D eigenvalue weighted by Gasteiger charge is -2.40. The minimum absolute atomic E-state index is 0.0172. The summed E-state index contributed by atoms with van der Waals surface area (Å²) in [5, 5.41) is 7.99. The molecule has 3 aliphatic rings. The lowest BCUT2D eigenvalue weighted by Crippen LogP contribution is -2.46. The Morgan fingerprint density at radius 3 is 2.63 bits per heavy atom. The van der Waals surface area contributed by atoms with E-state index >= 15 is 0 Å². The minimum atomic E-state index is -2.45. The van der Waals surface area contributed by atoms with Gasteiger partial charge in [0.05, 0.1) is 18.2 Å². The molecule has 3 aliphatic heterocycles. The highest BCUT2D eigenvalue weighted by atomic mass is 19.3. The van der Waals surface area contributed by atoms with Crippen LogP contribution in [0.2, 0.25) is 0 Å². The molecule has 1 N–H and O–H groups in total. The monoisotopic (exact) mass is 424 g/mol. The van der Waals surface area contributed by atoms with E-state index < -0.39 is 12.5 Å². The fourth-order valence-electron chi connectivity index (χ4n) is 4.93. The number of alkyl halides is 2. The number of halogens is 2. The fourth-order valence-corrected chi connectivity index (χ4v) is 4.93. The highest BCUT2D eigenvalue weighted by molar-refractivity contribution is 5.76. The molecule has 0 radical (unpaired) electrons. The Bertz CT molecular complexity index is 747. The first kappa shape index (κ1) is 21.5. The fraction of sp³-hybridized carbons (Fsp3) is 0.818. The average molecular weight is 425 g/mol. The zero-order valence-corrected chi connectivity index (χ0v) is 18.2. The molecule has 4 heterocycles. The molecule has 0 saturated carbocycles. The second-order valence-corrected chi connectivity index (χ2v) is 10.1. The molecule has 1 amide bonds. The second-order valence-electron chi connectivity index (χ2n) is 10.1. The third kappa shape index (κ3) is 4.48. The van der Waals surface area contributed by atoms with Crippen molar-refractivity contribution in [3.05, 3.63) is 11.8 Å². The molecule has 3 atom stereocenters. The predicted octanol–water partition coefficient (Wildman–Crippen LogP) is 3.98. The van der Waals surface area contributed by atoms with E-state index in [1.54, 1.807) is 0 Å². The third-order valence-electron chi connectivity index (χ3n) is 6.83. The van der Waals surface area contributed by atoms with Crippen LogP contribution in [0.4, 0.5) is 14.6 Å². The number of piperidine rings is 1. The van der Waals surface area contributed by atoms with Gasteiger partial charge in [-0.15, -0.1) is 0 Å². The Balaban J connectivity index is 1.39. The Morgan fingerprint density at radius 1 is 1.30 bits per heavy atom. The average Bonchev–Trinajstić information content (AvgIpc) is 3.36. The van der Waals surface area contributed by atoms with Crippen molar-refractivity contribution in [2.45, 2.75) is 89.3 Å². The van der Waals surface area contributed by atoms with Crippen molar-refractivity contribution in [3.8, 4) is 0 Å². The molecule has 4 rings (SSSR count). The summed E-state index contributed by atoms with van der Waals surface area (Å²) < 4.78 is 34.8. The number of likely N-dealkylation sites (tertiary alicyclic amines) is 1. The molecule has 0 spiro atoms. The van der Waals surface area contributed by atoms with Crippen LogP contribution < -0.4 is 5.32 Å². The van der Waals surface area contributed by atoms with Gasteiger partial charge in [0, 0.05) is 37.2 Å². The SMILES string of the molecule is CC(C)(C)c1cc2n(n1)[C@@H](C(F)F)C[C@@H](C1CCN(C(=O)C[C@@H]3CCCO3)CC1)N2. The molecular formula is C22H34F2N4O2. The van der Waals surface area contributed by atoms with Gasteiger partial charge < -0.3 is 15.0 Å². The summed E-state index contributed by atoms with van der Waals surface area (Å²) >= 11 is 0. The number of ether oxygens (including phenoxy) is 1. The van der Waals surface area contributed by atoms with Crippen LogP contribution in [0.3, 0.4) is 0 Å². The van der Waals surface area contributed by atoms with Gasteiger partial charge in [0.25, 0.3) is 6.43 Å². The summed E-state index contributed by atoms with van der Waals surface area (Å²) in [5.41, 5.74) is 0.633. The zero-order valence-electron chi connectivity index (χ0n) is 18.2. The van der Waals surface area contributed by atoms with Gasteiger partial charge >= 0.3 is 0 Å². The quantitative estimate of drug-likeness (QED) is 0.794. The molecule has 0 aliphatic carbocycles. The van der Waals surface area contributed by atoms with Gasteiger partial charge in [-0.1, -0.05) is 20.8 Å². The molecule has 0 bridgehead atoms. The van der Waals surface area contributed by atoms with Crippen molar-refractivity contribution in [3.63, 3.8) is 0 Å². The van der Waals surface area contributed by atoms with Crippen LogP contribution in [-0.2, 0) is 14.9 Å². The van der Waals surface area contributed by atoms with Crippen LogP contribution >= 0.6 is 0 Å². The van der Waals surface area contributed by atoms with E-state index in [9.17, 15) is 13.6 Å². The summed E-state index contributed by atoms with van der Waals surface area (Å²) in [6.45, 7) is 8.27. The van der Waals surface area contributed by atoms with Crippen molar-refractivity contribution in [1.82, 2.24) is 14.7 Å². The molecule has 2 saturated heterocycles. The largest absolute Gasteiger partial charge is 0.378 e. The van der Waals surface area contributed by atoms with E-state index in [2.05, 4.69) is 10.4 Å². The van der Waals surface area contributed by atoms with E-state index in [1.807, 2.05) is 31.7 Å². The lowest BCUT2D eigenvalue weighted by atomic mass is 9.84. The number of nitrogens with one attached hydrogen (secondary N) is 1. The van der Waals surface area contributed by atoms with E-state index in [4.69, 9.17) is 4.74 Å². The normalized spacial score (nSPS) is 27.9. The summed E-state index contributed by atoms with van der Waals surface area (Å²) in [7, 11) is 0. The number of amides is 1. The number of nitrogens with zero attached hydrogens (tertiary/aromatic N) is 3. The molecule has 6 nitrogen and oxygen atoms in total. The van der Waals surface area contributed by atoms with Crippen LogP contribution in [0.1, 0.15) is 71.0 Å². The number of aromatic nitrogens is 2. The van der Waals surface area contributed by atoms with Gasteiger partial charge in [-0.3, -0.25) is 4.79 Å². The smallest absolute Gasteiger partial charge is 0.260 e. The number of hydrogen-bond acceptors (Lipinski definition) is 4. The predicted molar refractivity (Wildman–Crippen MR) is 111 cm³/mol. The summed E-state index contributed by atoms with van der Waals surface area (Å²) in [5.74, 6) is 1.13. The molecule has 2 fully saturated rings. The standard InChI is InChI=1S/C22H34F2N4O2/c1-22(2,3)18-13-19-25-16(12-17(21(23)24)28(19)26-18)14-6-8-27(9-7-14)20(29)11-15-5-4-10-30-15/h13-17,21,25H,4-12H2,1-3H3/t15-,16-,17+/m0/s1. The number of carbonyl (C=O) groups is 1. The van der Waals surface area contributed by atoms with Crippen LogP contribution in [0.5, 0.6) is 0 Å². The highest BCUT2D eigenvalue weighted by Crippen LogP contribution is 2.38. The van der Waals surface area contributed by atoms with Crippen molar-refractivity contribution in [1.29, 1.82) is 0 Å². The van der Waals surface area contributed by atoms with E-state index in [0.717, 1.165) is 38.0 Å². The number of hydrogen-bond donors (Lipinski definition) is 1. The Labute approximate surface area is 177 Å². The van der Waals surface area contributed by atoms with Crippen molar-refractivity contribution in [2.24, 2.45) is 5.92 Å². The number of carbonyl (C=O) groups excluding carboxylic acids is 1. The van der Waals surface area contributed by atoms with Crippen LogP contribution in [0.25, 0.3) is 0 Å². The van der Waals surface area contributed by atoms with Crippen LogP contribution in [0, 0.1) is 5.92 Å². The summed E-state index contributed by atoms with van der Waals surface area (Å²) in [4.78, 5) is 14.5. The maximum absolute atomic E-state index is 13.9. The van der Waals surface area contributed by atoms with E-state index in [1.165, 1.54) is 4.68 Å². The van der Waals surface area contributed by atoms with E-state index in [0.29, 0.717) is 31.7 Å². The minimum Gasteiger partial charge on any atom is -0.378 e. The molecule has 30 heavy (non-hydrogen) atoms. The molecule has 1 aromatic heterocycles. The summed E-state index contributed by atoms with van der Waals surface area (Å²) in [6.07, 6.45) is 2.13. The zero-order chi connectivity index (χ0) is 21.5. The van der Waals surface area contributed by atoms with Crippen LogP contribution in [-0.4, -0.2) is 58.9 Å². The Hall–Kier alpha value is -1.70. The number of fused-ring (bicyclic) bond motifs is 1. The molecule has 0 unspecified atom stereocenters. The lowest BCUT2D eigenvalue weighted by molar-refractivity contribution is -0.135. The van der Waals surface area contributed by atoms with Crippen molar-refractivity contribution in [2.75, 3.05) is 25.0 Å². The van der Waals surface area contributed by atoms with Gasteiger partial charge in [0.15, 0.2) is 0 Å². The van der Waals surface area contributed by atoms with Crippen molar-refractivity contribution >= 4 is 11.7 Å². The molecular weight excluding hydrogens is 390 g/mol. The van der Waals surface area contributed by atoms with Gasteiger partial charge in [0.1, 0.15) is 11.9 Å². The summed E-state index contributed by atoms with van der Waals surface area (Å²) in [6, 6.07) is 1.000. The van der Waals surface area contributed by atoms with Gasteiger partial charge in [-0.2, -0.15) is 5.10 Å². The first-order chi connectivity index (χ1) is 14.2. The maximum Gasteiger partial charge on any atom is 0.260 e. The van der Waals surface area contributed by atoms with Gasteiger partial charge in [-0.25, -0.2) is 13.5 Å². The first-order valence-corrected chi connectivity index (χ1v) is 11.3.